The first kappa shape index (κ1) is 23.8. The molecule has 0 spiro atoms. The van der Waals surface area contributed by atoms with Crippen molar-refractivity contribution < 1.29 is 30.0 Å². The smallest absolute Gasteiger partial charge is 0.303 e. The summed E-state index contributed by atoms with van der Waals surface area (Å²) >= 11 is 0. The highest BCUT2D eigenvalue weighted by Crippen LogP contribution is 2.43. The van der Waals surface area contributed by atoms with Gasteiger partial charge in [0.2, 0.25) is 0 Å². The Morgan fingerprint density at radius 3 is 2.74 bits per heavy atom. The maximum atomic E-state index is 11.2. The van der Waals surface area contributed by atoms with Gasteiger partial charge in [-0.25, -0.2) is 0 Å². The second-order valence-electron chi connectivity index (χ2n) is 9.14. The van der Waals surface area contributed by atoms with Gasteiger partial charge in [-0.05, 0) is 48.4 Å². The summed E-state index contributed by atoms with van der Waals surface area (Å²) in [7, 11) is 0. The molecule has 0 aromatic heterocycles. The van der Waals surface area contributed by atoms with Crippen molar-refractivity contribution in [3.8, 4) is 5.75 Å². The van der Waals surface area contributed by atoms with Crippen LogP contribution in [-0.4, -0.2) is 44.4 Å². The molecule has 2 unspecified atom stereocenters. The van der Waals surface area contributed by atoms with Gasteiger partial charge in [0.25, 0.3) is 0 Å². The van der Waals surface area contributed by atoms with E-state index in [1.54, 1.807) is 12.1 Å². The van der Waals surface area contributed by atoms with Crippen LogP contribution in [0.25, 0.3) is 0 Å². The van der Waals surface area contributed by atoms with Gasteiger partial charge in [0.15, 0.2) is 5.79 Å². The third-order valence-corrected chi connectivity index (χ3v) is 6.62. The van der Waals surface area contributed by atoms with Crippen LogP contribution in [-0.2, 0) is 22.4 Å². The third kappa shape index (κ3) is 6.31. The monoisotopic (exact) mass is 432 g/mol. The van der Waals surface area contributed by atoms with E-state index in [1.165, 1.54) is 0 Å². The molecule has 1 aromatic carbocycles. The SMILES string of the molecule is CCCc1cc(CC2(O)C=C[C@H]3[C@@H](O)CC(O2)[C@@H]3CCCCCCC(=O)O)ccc1O. The molecule has 4 N–H and O–H groups in total. The Kier molecular flexibility index (Phi) is 8.14. The van der Waals surface area contributed by atoms with E-state index in [4.69, 9.17) is 9.84 Å². The number of rotatable bonds is 11. The summed E-state index contributed by atoms with van der Waals surface area (Å²) in [5.74, 6) is -1.79. The summed E-state index contributed by atoms with van der Waals surface area (Å²) < 4.78 is 6.18. The first-order valence-electron chi connectivity index (χ1n) is 11.6. The number of aliphatic hydroxyl groups excluding tert-OH is 1. The van der Waals surface area contributed by atoms with Crippen molar-refractivity contribution in [1.82, 2.24) is 0 Å². The van der Waals surface area contributed by atoms with Crippen molar-refractivity contribution in [2.24, 2.45) is 11.8 Å². The van der Waals surface area contributed by atoms with Crippen LogP contribution in [0.5, 0.6) is 5.75 Å². The largest absolute Gasteiger partial charge is 0.508 e. The predicted molar refractivity (Wildman–Crippen MR) is 118 cm³/mol. The van der Waals surface area contributed by atoms with Gasteiger partial charge in [-0.15, -0.1) is 0 Å². The van der Waals surface area contributed by atoms with E-state index in [0.717, 1.165) is 49.7 Å². The summed E-state index contributed by atoms with van der Waals surface area (Å²) in [6, 6.07) is 5.42. The number of carboxylic acid groups (broad SMARTS) is 1. The van der Waals surface area contributed by atoms with Gasteiger partial charge in [-0.3, -0.25) is 4.79 Å². The molecular formula is C25H36O6. The normalized spacial score (nSPS) is 29.8. The number of unbranched alkanes of at least 4 members (excludes halogenated alkanes) is 3. The second-order valence-corrected chi connectivity index (χ2v) is 9.14. The lowest BCUT2D eigenvalue weighted by atomic mass is 9.88. The molecule has 1 fully saturated rings. The van der Waals surface area contributed by atoms with E-state index in [0.29, 0.717) is 19.3 Å². The quantitative estimate of drug-likeness (QED) is 0.312. The standard InChI is InChI=1S/C25H36O6/c1-2-7-18-14-17(10-11-21(18)26)16-25(30)13-12-19-20(23(31-25)15-22(19)27)8-5-3-4-6-9-24(28)29/h10-14,19-20,22-23,26-27,30H,2-9,15-16H2,1H3,(H,28,29)/t19-,20-,22+,23?,25?/m1/s1. The van der Waals surface area contributed by atoms with Crippen LogP contribution >= 0.6 is 0 Å². The van der Waals surface area contributed by atoms with E-state index >= 15 is 0 Å². The molecule has 3 rings (SSSR count). The number of hydrogen-bond acceptors (Lipinski definition) is 5. The van der Waals surface area contributed by atoms with Crippen molar-refractivity contribution in [2.45, 2.75) is 89.1 Å². The molecule has 0 amide bonds. The third-order valence-electron chi connectivity index (χ3n) is 6.62. The zero-order valence-electron chi connectivity index (χ0n) is 18.4. The fourth-order valence-electron chi connectivity index (χ4n) is 5.07. The first-order valence-corrected chi connectivity index (χ1v) is 11.6. The number of hydrogen-bond donors (Lipinski definition) is 4. The van der Waals surface area contributed by atoms with E-state index in [9.17, 15) is 20.1 Å². The number of carbonyl (C=O) groups is 1. The molecule has 0 saturated heterocycles. The maximum absolute atomic E-state index is 11.2. The van der Waals surface area contributed by atoms with Gasteiger partial charge in [-0.1, -0.05) is 50.8 Å². The van der Waals surface area contributed by atoms with Crippen molar-refractivity contribution in [1.29, 1.82) is 0 Å². The molecular weight excluding hydrogens is 396 g/mol. The van der Waals surface area contributed by atoms with Crippen LogP contribution < -0.4 is 0 Å². The molecule has 6 heteroatoms. The lowest BCUT2D eigenvalue weighted by Gasteiger charge is -2.30. The maximum Gasteiger partial charge on any atom is 0.303 e. The van der Waals surface area contributed by atoms with Crippen LogP contribution in [0.1, 0.15) is 69.4 Å². The van der Waals surface area contributed by atoms with Crippen molar-refractivity contribution in [2.75, 3.05) is 0 Å². The van der Waals surface area contributed by atoms with Gasteiger partial charge < -0.3 is 25.2 Å². The average Bonchev–Trinajstić information content (AvgIpc) is 2.90. The minimum Gasteiger partial charge on any atom is -0.508 e. The van der Waals surface area contributed by atoms with Crippen molar-refractivity contribution in [3.05, 3.63) is 41.5 Å². The van der Waals surface area contributed by atoms with Crippen LogP contribution in [0, 0.1) is 11.8 Å². The molecule has 0 radical (unpaired) electrons. The van der Waals surface area contributed by atoms with Crippen molar-refractivity contribution in [3.63, 3.8) is 0 Å². The molecule has 5 atom stereocenters. The zero-order chi connectivity index (χ0) is 22.4. The number of phenolic OH excluding ortho intramolecular Hbond substituents is 1. The molecule has 2 bridgehead atoms. The number of aliphatic hydroxyl groups is 2. The fraction of sp³-hybridized carbons (Fsp3) is 0.640. The number of fused-ring (bicyclic) bond motifs is 2. The molecule has 1 saturated carbocycles. The Balaban J connectivity index is 1.61. The highest BCUT2D eigenvalue weighted by atomic mass is 16.6. The van der Waals surface area contributed by atoms with E-state index in [-0.39, 0.29) is 30.1 Å². The Labute approximate surface area is 184 Å². The molecule has 31 heavy (non-hydrogen) atoms. The fourth-order valence-corrected chi connectivity index (χ4v) is 5.07. The summed E-state index contributed by atoms with van der Waals surface area (Å²) in [5, 5.41) is 40.4. The number of aliphatic carboxylic acids is 1. The van der Waals surface area contributed by atoms with E-state index in [2.05, 4.69) is 6.92 Å². The van der Waals surface area contributed by atoms with Gasteiger partial charge in [-0.2, -0.15) is 0 Å². The minimum absolute atomic E-state index is 0.0338. The lowest BCUT2D eigenvalue weighted by Crippen LogP contribution is -2.37. The number of aryl methyl sites for hydroxylation is 1. The number of aromatic hydroxyl groups is 1. The molecule has 172 valence electrons. The van der Waals surface area contributed by atoms with Crippen molar-refractivity contribution >= 4 is 5.97 Å². The second kappa shape index (κ2) is 10.6. The van der Waals surface area contributed by atoms with Gasteiger partial charge in [0, 0.05) is 25.2 Å². The van der Waals surface area contributed by atoms with Crippen LogP contribution in [0.15, 0.2) is 30.4 Å². The van der Waals surface area contributed by atoms with Crippen LogP contribution in [0.3, 0.4) is 0 Å². The lowest BCUT2D eigenvalue weighted by molar-refractivity contribution is -0.202. The molecule has 1 aliphatic carbocycles. The Morgan fingerprint density at radius 1 is 1.23 bits per heavy atom. The Bertz CT molecular complexity index is 775. The van der Waals surface area contributed by atoms with E-state index < -0.39 is 17.9 Å². The summed E-state index contributed by atoms with van der Waals surface area (Å²) in [4.78, 5) is 10.6. The summed E-state index contributed by atoms with van der Waals surface area (Å²) in [5.41, 5.74) is 1.78. The molecule has 1 aromatic rings. The van der Waals surface area contributed by atoms with E-state index in [1.807, 2.05) is 18.2 Å². The topological polar surface area (TPSA) is 107 Å². The van der Waals surface area contributed by atoms with Gasteiger partial charge in [0.05, 0.1) is 12.2 Å². The average molecular weight is 433 g/mol. The van der Waals surface area contributed by atoms with Crippen LogP contribution in [0.2, 0.25) is 0 Å². The number of carboxylic acids is 1. The molecule has 2 aliphatic rings. The predicted octanol–water partition coefficient (Wildman–Crippen LogP) is 3.95. The zero-order valence-corrected chi connectivity index (χ0v) is 18.4. The summed E-state index contributed by atoms with van der Waals surface area (Å²) in [6.45, 7) is 2.06. The highest BCUT2D eigenvalue weighted by molar-refractivity contribution is 5.66. The Morgan fingerprint density at radius 2 is 2.00 bits per heavy atom. The first-order chi connectivity index (χ1) is 14.8. The number of benzene rings is 1. The number of phenols is 1. The molecule has 1 heterocycles. The van der Waals surface area contributed by atoms with Crippen LogP contribution in [0.4, 0.5) is 0 Å². The summed E-state index contributed by atoms with van der Waals surface area (Å²) in [6.07, 6.45) is 10.0. The minimum atomic E-state index is -1.43. The van der Waals surface area contributed by atoms with Gasteiger partial charge in [0.1, 0.15) is 5.75 Å². The number of ether oxygens (including phenoxy) is 1. The Hall–Kier alpha value is -1.89. The highest BCUT2D eigenvalue weighted by Gasteiger charge is 2.47. The van der Waals surface area contributed by atoms with Gasteiger partial charge >= 0.3 is 5.97 Å². The molecule has 6 nitrogen and oxygen atoms in total. The molecule has 1 aliphatic heterocycles.